The molecule has 2 aromatic carbocycles. The highest BCUT2D eigenvalue weighted by atomic mass is 35.5. The Bertz CT molecular complexity index is 812. The predicted molar refractivity (Wildman–Crippen MR) is 85.0 cm³/mol. The maximum absolute atomic E-state index is 13.7. The summed E-state index contributed by atoms with van der Waals surface area (Å²) in [5.41, 5.74) is 0.199. The van der Waals surface area contributed by atoms with Gasteiger partial charge in [0.15, 0.2) is 11.6 Å². The molecule has 0 aliphatic heterocycles. The van der Waals surface area contributed by atoms with Gasteiger partial charge in [-0.25, -0.2) is 12.8 Å². The first-order valence-electron chi connectivity index (χ1n) is 6.05. The Balaban J connectivity index is 2.50. The molecular formula is C14H12Cl2FNO3S. The van der Waals surface area contributed by atoms with Crippen LogP contribution in [0, 0.1) is 5.82 Å². The van der Waals surface area contributed by atoms with E-state index in [0.717, 1.165) is 10.4 Å². The smallest absolute Gasteiger partial charge is 0.264 e. The lowest BCUT2D eigenvalue weighted by molar-refractivity contribution is 0.385. The number of methoxy groups -OCH3 is 1. The summed E-state index contributed by atoms with van der Waals surface area (Å²) in [6, 6.07) is 8.02. The molecule has 0 aliphatic rings. The maximum atomic E-state index is 13.7. The lowest BCUT2D eigenvalue weighted by Gasteiger charge is -2.21. The first-order chi connectivity index (χ1) is 10.3. The summed E-state index contributed by atoms with van der Waals surface area (Å²) in [6.07, 6.45) is 0. The first kappa shape index (κ1) is 16.9. The van der Waals surface area contributed by atoms with Crippen molar-refractivity contribution in [2.75, 3.05) is 18.5 Å². The fraction of sp³-hybridized carbons (Fsp3) is 0.143. The normalized spacial score (nSPS) is 11.3. The summed E-state index contributed by atoms with van der Waals surface area (Å²) >= 11 is 11.9. The van der Waals surface area contributed by atoms with Crippen molar-refractivity contribution in [2.24, 2.45) is 0 Å². The second-order valence-electron chi connectivity index (χ2n) is 4.34. The number of nitrogens with zero attached hydrogens (tertiary/aromatic N) is 1. The number of hydrogen-bond acceptors (Lipinski definition) is 3. The van der Waals surface area contributed by atoms with Crippen LogP contribution in [-0.4, -0.2) is 22.6 Å². The van der Waals surface area contributed by atoms with Gasteiger partial charge in [-0.1, -0.05) is 29.3 Å². The molecule has 0 bridgehead atoms. The predicted octanol–water partition coefficient (Wildman–Crippen LogP) is 3.97. The maximum Gasteiger partial charge on any atom is 0.264 e. The van der Waals surface area contributed by atoms with Gasteiger partial charge in [0.2, 0.25) is 0 Å². The largest absolute Gasteiger partial charge is 0.494 e. The van der Waals surface area contributed by atoms with Gasteiger partial charge in [-0.05, 0) is 30.3 Å². The zero-order chi connectivity index (χ0) is 16.5. The van der Waals surface area contributed by atoms with E-state index in [-0.39, 0.29) is 26.4 Å². The van der Waals surface area contributed by atoms with Crippen molar-refractivity contribution >= 4 is 38.9 Å². The Labute approximate surface area is 138 Å². The average molecular weight is 364 g/mol. The van der Waals surface area contributed by atoms with Gasteiger partial charge in [-0.15, -0.1) is 0 Å². The van der Waals surface area contributed by atoms with Gasteiger partial charge < -0.3 is 4.74 Å². The third kappa shape index (κ3) is 2.99. The van der Waals surface area contributed by atoms with Crippen molar-refractivity contribution in [3.8, 4) is 5.75 Å². The Hall–Kier alpha value is -1.50. The lowest BCUT2D eigenvalue weighted by Crippen LogP contribution is -2.27. The van der Waals surface area contributed by atoms with Gasteiger partial charge in [0.1, 0.15) is 0 Å². The van der Waals surface area contributed by atoms with E-state index in [1.54, 1.807) is 12.1 Å². The number of ether oxygens (including phenoxy) is 1. The molecule has 0 amide bonds. The summed E-state index contributed by atoms with van der Waals surface area (Å²) in [5.74, 6) is -0.809. The number of sulfonamides is 1. The van der Waals surface area contributed by atoms with Crippen LogP contribution in [0.3, 0.4) is 0 Å². The number of hydrogen-bond donors (Lipinski definition) is 0. The molecule has 0 N–H and O–H groups in total. The van der Waals surface area contributed by atoms with E-state index >= 15 is 0 Å². The molecule has 8 heteroatoms. The molecule has 2 aromatic rings. The molecule has 0 radical (unpaired) electrons. The molecule has 0 atom stereocenters. The van der Waals surface area contributed by atoms with Crippen LogP contribution < -0.4 is 9.04 Å². The molecule has 22 heavy (non-hydrogen) atoms. The van der Waals surface area contributed by atoms with Crippen LogP contribution in [0.4, 0.5) is 10.1 Å². The van der Waals surface area contributed by atoms with Crippen LogP contribution in [0.5, 0.6) is 5.75 Å². The summed E-state index contributed by atoms with van der Waals surface area (Å²) in [4.78, 5) is -0.218. The van der Waals surface area contributed by atoms with Crippen molar-refractivity contribution in [2.45, 2.75) is 4.90 Å². The zero-order valence-electron chi connectivity index (χ0n) is 11.7. The molecule has 0 aromatic heterocycles. The van der Waals surface area contributed by atoms with Crippen LogP contribution >= 0.6 is 23.2 Å². The van der Waals surface area contributed by atoms with Gasteiger partial charge in [0.25, 0.3) is 10.0 Å². The van der Waals surface area contributed by atoms with Crippen LogP contribution in [0.25, 0.3) is 0 Å². The Morgan fingerprint density at radius 1 is 1.18 bits per heavy atom. The highest BCUT2D eigenvalue weighted by molar-refractivity contribution is 7.92. The van der Waals surface area contributed by atoms with Crippen LogP contribution in [0.15, 0.2) is 41.3 Å². The van der Waals surface area contributed by atoms with Gasteiger partial charge in [0.05, 0.1) is 27.7 Å². The third-order valence-corrected chi connectivity index (χ3v) is 5.63. The molecule has 0 unspecified atom stereocenters. The Morgan fingerprint density at radius 3 is 2.45 bits per heavy atom. The standard InChI is InChI=1S/C14H12Cl2FNO3S/c1-18(12-5-3-4-10(15)14(12)16)22(19,20)9-6-7-13(21-2)11(17)8-9/h3-8H,1-2H3. The molecular weight excluding hydrogens is 352 g/mol. The van der Waals surface area contributed by atoms with Crippen LogP contribution in [0.1, 0.15) is 0 Å². The Morgan fingerprint density at radius 2 is 1.86 bits per heavy atom. The quantitative estimate of drug-likeness (QED) is 0.825. The summed E-state index contributed by atoms with van der Waals surface area (Å²) in [5, 5.41) is 0.325. The molecule has 0 fully saturated rings. The highest BCUT2D eigenvalue weighted by Crippen LogP contribution is 2.34. The number of rotatable bonds is 4. The third-order valence-electron chi connectivity index (χ3n) is 3.05. The second kappa shape index (κ2) is 6.32. The van der Waals surface area contributed by atoms with E-state index in [1.807, 2.05) is 0 Å². The molecule has 2 rings (SSSR count). The zero-order valence-corrected chi connectivity index (χ0v) is 14.0. The van der Waals surface area contributed by atoms with Crippen molar-refractivity contribution in [3.05, 3.63) is 52.3 Å². The summed E-state index contributed by atoms with van der Waals surface area (Å²) < 4.78 is 44.6. The van der Waals surface area contributed by atoms with Gasteiger partial charge in [-0.3, -0.25) is 4.31 Å². The first-order valence-corrected chi connectivity index (χ1v) is 8.25. The average Bonchev–Trinajstić information content (AvgIpc) is 2.49. The minimum atomic E-state index is -3.98. The number of halogens is 3. The topological polar surface area (TPSA) is 46.6 Å². The van der Waals surface area contributed by atoms with Crippen LogP contribution in [-0.2, 0) is 10.0 Å². The minimum Gasteiger partial charge on any atom is -0.494 e. The monoisotopic (exact) mass is 363 g/mol. The summed E-state index contributed by atoms with van der Waals surface area (Å²) in [7, 11) is -1.37. The molecule has 0 saturated carbocycles. The lowest BCUT2D eigenvalue weighted by atomic mass is 10.3. The summed E-state index contributed by atoms with van der Waals surface area (Å²) in [6.45, 7) is 0. The van der Waals surface area contributed by atoms with E-state index in [0.29, 0.717) is 0 Å². The Kier molecular flexibility index (Phi) is 4.84. The number of anilines is 1. The fourth-order valence-electron chi connectivity index (χ4n) is 1.83. The van der Waals surface area contributed by atoms with Crippen molar-refractivity contribution < 1.29 is 17.5 Å². The van der Waals surface area contributed by atoms with E-state index < -0.39 is 15.8 Å². The molecule has 0 aliphatic carbocycles. The van der Waals surface area contributed by atoms with Crippen LogP contribution in [0.2, 0.25) is 10.0 Å². The molecule has 0 heterocycles. The fourth-order valence-corrected chi connectivity index (χ4v) is 3.52. The second-order valence-corrected chi connectivity index (χ2v) is 7.10. The van der Waals surface area contributed by atoms with E-state index in [4.69, 9.17) is 27.9 Å². The molecule has 118 valence electrons. The van der Waals surface area contributed by atoms with Crippen molar-refractivity contribution in [3.63, 3.8) is 0 Å². The van der Waals surface area contributed by atoms with E-state index in [9.17, 15) is 12.8 Å². The van der Waals surface area contributed by atoms with Crippen molar-refractivity contribution in [1.82, 2.24) is 0 Å². The van der Waals surface area contributed by atoms with Gasteiger partial charge in [-0.2, -0.15) is 0 Å². The SMILES string of the molecule is COc1ccc(S(=O)(=O)N(C)c2cccc(Cl)c2Cl)cc1F. The van der Waals surface area contributed by atoms with Gasteiger partial charge >= 0.3 is 0 Å². The molecule has 0 saturated heterocycles. The molecule has 0 spiro atoms. The van der Waals surface area contributed by atoms with Crippen molar-refractivity contribution in [1.29, 1.82) is 0 Å². The molecule has 4 nitrogen and oxygen atoms in total. The minimum absolute atomic E-state index is 0.0395. The number of benzene rings is 2. The van der Waals surface area contributed by atoms with E-state index in [2.05, 4.69) is 0 Å². The van der Waals surface area contributed by atoms with E-state index in [1.165, 1.54) is 32.4 Å². The van der Waals surface area contributed by atoms with Gasteiger partial charge in [0, 0.05) is 7.05 Å². The highest BCUT2D eigenvalue weighted by Gasteiger charge is 2.25.